The summed E-state index contributed by atoms with van der Waals surface area (Å²) in [6.45, 7) is 5.84. The molecule has 3 aromatic rings. The highest BCUT2D eigenvalue weighted by atomic mass is 19.4. The third-order valence-corrected chi connectivity index (χ3v) is 6.03. The summed E-state index contributed by atoms with van der Waals surface area (Å²) in [6.07, 6.45) is 0.969. The summed E-state index contributed by atoms with van der Waals surface area (Å²) in [5, 5.41) is 11.8. The van der Waals surface area contributed by atoms with Crippen LogP contribution in [0.4, 0.5) is 13.2 Å². The minimum absolute atomic E-state index is 0.121. The standard InChI is InChI=1S/C22H29N5O.C2HF3O2/c1-16(2)27-14-10-19(23-27)21-15-18(20-7-5-6-11-26(20)21)22(28)25-12-8-17(9-13-25)24(3)4;3-2(4,5)1(6)7/h5-7,10-11,14-17H,8-9,12-13H2,1-4H3;(H,6,7). The molecule has 0 radical (unpaired) electrons. The third-order valence-electron chi connectivity index (χ3n) is 6.03. The van der Waals surface area contributed by atoms with E-state index in [0.717, 1.165) is 48.4 Å². The summed E-state index contributed by atoms with van der Waals surface area (Å²) >= 11 is 0. The number of hydrogen-bond acceptors (Lipinski definition) is 4. The molecule has 0 bridgehead atoms. The molecule has 0 saturated carbocycles. The monoisotopic (exact) mass is 493 g/mol. The van der Waals surface area contributed by atoms with Gasteiger partial charge in [0.15, 0.2) is 0 Å². The largest absolute Gasteiger partial charge is 0.490 e. The quantitative estimate of drug-likeness (QED) is 0.590. The lowest BCUT2D eigenvalue weighted by atomic mass is 10.0. The van der Waals surface area contributed by atoms with E-state index < -0.39 is 12.1 Å². The number of alkyl halides is 3. The molecule has 0 spiro atoms. The fourth-order valence-corrected chi connectivity index (χ4v) is 4.04. The van der Waals surface area contributed by atoms with Gasteiger partial charge in [-0.3, -0.25) is 9.48 Å². The molecule has 1 saturated heterocycles. The van der Waals surface area contributed by atoms with Crippen molar-refractivity contribution in [3.63, 3.8) is 0 Å². The van der Waals surface area contributed by atoms with Crippen LogP contribution in [0, 0.1) is 0 Å². The molecule has 1 fully saturated rings. The first-order chi connectivity index (χ1) is 16.4. The number of nitrogens with zero attached hydrogens (tertiary/aromatic N) is 5. The van der Waals surface area contributed by atoms with Gasteiger partial charge >= 0.3 is 12.1 Å². The number of likely N-dealkylation sites (tertiary alicyclic amines) is 1. The van der Waals surface area contributed by atoms with Crippen molar-refractivity contribution in [3.8, 4) is 11.4 Å². The van der Waals surface area contributed by atoms with Gasteiger partial charge in [-0.25, -0.2) is 4.79 Å². The number of halogens is 3. The average molecular weight is 494 g/mol. The number of amides is 1. The molecule has 0 unspecified atom stereocenters. The smallest absolute Gasteiger partial charge is 0.475 e. The summed E-state index contributed by atoms with van der Waals surface area (Å²) in [6, 6.07) is 10.9. The fraction of sp³-hybridized carbons (Fsp3) is 0.458. The normalized spacial score (nSPS) is 14.9. The predicted molar refractivity (Wildman–Crippen MR) is 125 cm³/mol. The lowest BCUT2D eigenvalue weighted by Crippen LogP contribution is -2.44. The van der Waals surface area contributed by atoms with Crippen molar-refractivity contribution in [2.45, 2.75) is 44.9 Å². The first-order valence-electron chi connectivity index (χ1n) is 11.3. The van der Waals surface area contributed by atoms with Gasteiger partial charge in [0.1, 0.15) is 5.69 Å². The number of carboxylic acid groups (broad SMARTS) is 1. The van der Waals surface area contributed by atoms with E-state index in [9.17, 15) is 18.0 Å². The van der Waals surface area contributed by atoms with E-state index in [2.05, 4.69) is 37.2 Å². The van der Waals surface area contributed by atoms with Crippen LogP contribution >= 0.6 is 0 Å². The van der Waals surface area contributed by atoms with Gasteiger partial charge in [-0.1, -0.05) is 6.07 Å². The minimum Gasteiger partial charge on any atom is -0.475 e. The zero-order valence-electron chi connectivity index (χ0n) is 20.2. The molecular weight excluding hydrogens is 463 g/mol. The van der Waals surface area contributed by atoms with Crippen LogP contribution in [-0.2, 0) is 4.79 Å². The van der Waals surface area contributed by atoms with Gasteiger partial charge in [-0.2, -0.15) is 18.3 Å². The highest BCUT2D eigenvalue weighted by molar-refractivity contribution is 6.02. The maximum Gasteiger partial charge on any atom is 0.490 e. The Kier molecular flexibility index (Phi) is 7.89. The van der Waals surface area contributed by atoms with E-state index in [4.69, 9.17) is 15.0 Å². The van der Waals surface area contributed by atoms with Crippen LogP contribution in [0.1, 0.15) is 43.1 Å². The SMILES string of the molecule is CC(C)n1ccc(-c2cc(C(=O)N3CCC(N(C)C)CC3)c3ccccn23)n1.O=C(O)C(F)(F)F. The highest BCUT2D eigenvalue weighted by Crippen LogP contribution is 2.28. The molecule has 35 heavy (non-hydrogen) atoms. The summed E-state index contributed by atoms with van der Waals surface area (Å²) in [5.74, 6) is -2.64. The number of pyridine rings is 1. The van der Waals surface area contributed by atoms with Crippen LogP contribution in [0.3, 0.4) is 0 Å². The Morgan fingerprint density at radius 2 is 1.74 bits per heavy atom. The van der Waals surface area contributed by atoms with Crippen molar-refractivity contribution in [1.82, 2.24) is 24.0 Å². The van der Waals surface area contributed by atoms with Crippen molar-refractivity contribution in [1.29, 1.82) is 0 Å². The van der Waals surface area contributed by atoms with Crippen molar-refractivity contribution >= 4 is 17.4 Å². The van der Waals surface area contributed by atoms with Crippen molar-refractivity contribution < 1.29 is 27.9 Å². The molecule has 0 aliphatic carbocycles. The zero-order chi connectivity index (χ0) is 25.9. The van der Waals surface area contributed by atoms with Crippen LogP contribution in [0.5, 0.6) is 0 Å². The molecule has 0 atom stereocenters. The van der Waals surface area contributed by atoms with Crippen LogP contribution in [0.25, 0.3) is 16.9 Å². The Bertz CT molecular complexity index is 1170. The van der Waals surface area contributed by atoms with Crippen molar-refractivity contribution in [3.05, 3.63) is 48.3 Å². The maximum atomic E-state index is 13.3. The number of fused-ring (bicyclic) bond motifs is 1. The molecule has 4 rings (SSSR count). The molecule has 11 heteroatoms. The van der Waals surface area contributed by atoms with Gasteiger partial charge in [0.25, 0.3) is 5.91 Å². The zero-order valence-corrected chi connectivity index (χ0v) is 20.2. The molecule has 8 nitrogen and oxygen atoms in total. The van der Waals surface area contributed by atoms with Crippen LogP contribution < -0.4 is 0 Å². The second kappa shape index (κ2) is 10.5. The van der Waals surface area contributed by atoms with Gasteiger partial charge in [-0.05, 0) is 65.0 Å². The number of aromatic nitrogens is 3. The van der Waals surface area contributed by atoms with E-state index >= 15 is 0 Å². The van der Waals surface area contributed by atoms with Gasteiger partial charge in [-0.15, -0.1) is 0 Å². The summed E-state index contributed by atoms with van der Waals surface area (Å²) in [7, 11) is 4.23. The molecule has 1 aliphatic heterocycles. The van der Waals surface area contributed by atoms with E-state index in [1.165, 1.54) is 0 Å². The van der Waals surface area contributed by atoms with Gasteiger partial charge in [0, 0.05) is 37.6 Å². The van der Waals surface area contributed by atoms with Crippen molar-refractivity contribution in [2.24, 2.45) is 0 Å². The average Bonchev–Trinajstić information content (AvgIpc) is 3.44. The van der Waals surface area contributed by atoms with Gasteiger partial charge < -0.3 is 19.3 Å². The molecule has 190 valence electrons. The third kappa shape index (κ3) is 6.02. The number of carbonyl (C=O) groups excluding carboxylic acids is 1. The number of carboxylic acids is 1. The number of aliphatic carboxylic acids is 1. The second-order valence-corrected chi connectivity index (χ2v) is 8.96. The molecule has 3 aromatic heterocycles. The fourth-order valence-electron chi connectivity index (χ4n) is 4.04. The number of piperidine rings is 1. The highest BCUT2D eigenvalue weighted by Gasteiger charge is 2.38. The molecular formula is C24H30F3N5O3. The molecule has 1 amide bonds. The first kappa shape index (κ1) is 26.3. The van der Waals surface area contributed by atoms with Crippen LogP contribution in [-0.4, -0.2) is 80.4 Å². The molecule has 1 aliphatic rings. The Balaban J connectivity index is 0.000000429. The maximum absolute atomic E-state index is 13.3. The number of carbonyl (C=O) groups is 2. The number of hydrogen-bond donors (Lipinski definition) is 1. The van der Waals surface area contributed by atoms with Gasteiger partial charge in [0.2, 0.25) is 0 Å². The number of rotatable bonds is 4. The molecule has 0 aromatic carbocycles. The Labute approximate surface area is 201 Å². The predicted octanol–water partition coefficient (Wildman–Crippen LogP) is 4.18. The molecule has 4 heterocycles. The Hall–Kier alpha value is -3.34. The molecule has 1 N–H and O–H groups in total. The summed E-state index contributed by atoms with van der Waals surface area (Å²) in [5.41, 5.74) is 3.55. The van der Waals surface area contributed by atoms with E-state index in [-0.39, 0.29) is 5.91 Å². The van der Waals surface area contributed by atoms with E-state index in [1.54, 1.807) is 0 Å². The van der Waals surface area contributed by atoms with E-state index in [1.807, 2.05) is 52.3 Å². The Morgan fingerprint density at radius 3 is 2.26 bits per heavy atom. The summed E-state index contributed by atoms with van der Waals surface area (Å²) < 4.78 is 35.8. The van der Waals surface area contributed by atoms with Crippen LogP contribution in [0.15, 0.2) is 42.7 Å². The van der Waals surface area contributed by atoms with Crippen LogP contribution in [0.2, 0.25) is 0 Å². The van der Waals surface area contributed by atoms with Gasteiger partial charge in [0.05, 0.1) is 16.8 Å². The lowest BCUT2D eigenvalue weighted by Gasteiger charge is -2.35. The Morgan fingerprint density at radius 1 is 1.11 bits per heavy atom. The first-order valence-corrected chi connectivity index (χ1v) is 11.3. The van der Waals surface area contributed by atoms with Crippen molar-refractivity contribution in [2.75, 3.05) is 27.2 Å². The summed E-state index contributed by atoms with van der Waals surface area (Å²) in [4.78, 5) is 26.5. The lowest BCUT2D eigenvalue weighted by molar-refractivity contribution is -0.192. The van der Waals surface area contributed by atoms with E-state index in [0.29, 0.717) is 12.1 Å². The minimum atomic E-state index is -5.08. The topological polar surface area (TPSA) is 83.1 Å². The second-order valence-electron chi connectivity index (χ2n) is 8.96.